The van der Waals surface area contributed by atoms with Crippen LogP contribution in [-0.2, 0) is 4.74 Å². The molecule has 0 saturated heterocycles. The Bertz CT molecular complexity index is 109. The molecule has 1 nitrogen and oxygen atoms in total. The molecule has 0 fully saturated rings. The normalized spacial score (nSPS) is 12.4. The van der Waals surface area contributed by atoms with E-state index in [2.05, 4.69) is 33.8 Å². The lowest BCUT2D eigenvalue weighted by Crippen LogP contribution is -1.99. The van der Waals surface area contributed by atoms with Crippen LogP contribution in [0.3, 0.4) is 0 Å². The van der Waals surface area contributed by atoms with Gasteiger partial charge in [0.25, 0.3) is 0 Å². The molecular weight excluding hydrogens is 136 g/mol. The Morgan fingerprint density at radius 2 is 1.91 bits per heavy atom. The summed E-state index contributed by atoms with van der Waals surface area (Å²) < 4.78 is 5.27. The van der Waals surface area contributed by atoms with Gasteiger partial charge in [0.15, 0.2) is 0 Å². The number of allylic oxidation sites excluding steroid dienone is 1. The highest BCUT2D eigenvalue weighted by Gasteiger charge is 2.02. The van der Waals surface area contributed by atoms with Gasteiger partial charge in [-0.2, -0.15) is 0 Å². The van der Waals surface area contributed by atoms with E-state index in [1.807, 2.05) is 6.26 Å². The van der Waals surface area contributed by atoms with Crippen molar-refractivity contribution >= 4 is 0 Å². The molecule has 0 amide bonds. The van der Waals surface area contributed by atoms with Gasteiger partial charge in [0.2, 0.25) is 0 Å². The van der Waals surface area contributed by atoms with Gasteiger partial charge in [0, 0.05) is 0 Å². The van der Waals surface area contributed by atoms with Crippen molar-refractivity contribution in [1.29, 1.82) is 0 Å². The zero-order valence-electron chi connectivity index (χ0n) is 8.18. The van der Waals surface area contributed by atoms with E-state index in [1.165, 1.54) is 6.42 Å². The summed E-state index contributed by atoms with van der Waals surface area (Å²) in [6.07, 6.45) is 6.25. The Labute approximate surface area is 70.4 Å². The van der Waals surface area contributed by atoms with E-state index in [9.17, 15) is 0 Å². The van der Waals surface area contributed by atoms with Gasteiger partial charge in [-0.15, -0.1) is 0 Å². The number of hydrogen-bond donors (Lipinski definition) is 0. The Balaban J connectivity index is 3.30. The van der Waals surface area contributed by atoms with Crippen molar-refractivity contribution in [3.05, 3.63) is 12.3 Å². The lowest BCUT2D eigenvalue weighted by molar-refractivity contribution is 0.239. The SMILES string of the molecule is CCCCO/C=C/C(C)(C)C. The van der Waals surface area contributed by atoms with Gasteiger partial charge >= 0.3 is 0 Å². The van der Waals surface area contributed by atoms with Gasteiger partial charge in [-0.25, -0.2) is 0 Å². The monoisotopic (exact) mass is 156 g/mol. The van der Waals surface area contributed by atoms with Gasteiger partial charge in [0.05, 0.1) is 12.9 Å². The summed E-state index contributed by atoms with van der Waals surface area (Å²) in [7, 11) is 0. The number of unbranched alkanes of at least 4 members (excludes halogenated alkanes) is 1. The van der Waals surface area contributed by atoms with Gasteiger partial charge in [-0.3, -0.25) is 0 Å². The molecule has 1 heteroatoms. The highest BCUT2D eigenvalue weighted by Crippen LogP contribution is 2.14. The van der Waals surface area contributed by atoms with Crippen LogP contribution in [0.1, 0.15) is 40.5 Å². The first-order valence-corrected chi connectivity index (χ1v) is 4.35. The largest absolute Gasteiger partial charge is 0.502 e. The van der Waals surface area contributed by atoms with Gasteiger partial charge in [0.1, 0.15) is 0 Å². The fourth-order valence-electron chi connectivity index (χ4n) is 0.548. The summed E-state index contributed by atoms with van der Waals surface area (Å²) >= 11 is 0. The summed E-state index contributed by atoms with van der Waals surface area (Å²) in [6, 6.07) is 0. The number of hydrogen-bond acceptors (Lipinski definition) is 1. The molecule has 0 aliphatic carbocycles. The minimum absolute atomic E-state index is 0.242. The average molecular weight is 156 g/mol. The molecule has 0 rings (SSSR count). The van der Waals surface area contributed by atoms with Crippen LogP contribution in [0.15, 0.2) is 12.3 Å². The summed E-state index contributed by atoms with van der Waals surface area (Å²) in [4.78, 5) is 0. The molecule has 11 heavy (non-hydrogen) atoms. The van der Waals surface area contributed by atoms with Crippen LogP contribution >= 0.6 is 0 Å². The molecule has 0 bridgehead atoms. The highest BCUT2D eigenvalue weighted by molar-refractivity contribution is 4.87. The smallest absolute Gasteiger partial charge is 0.0873 e. The predicted molar refractivity (Wildman–Crippen MR) is 49.5 cm³/mol. The summed E-state index contributed by atoms with van der Waals surface area (Å²) in [5.74, 6) is 0. The minimum atomic E-state index is 0.242. The van der Waals surface area contributed by atoms with Crippen molar-refractivity contribution in [2.45, 2.75) is 40.5 Å². The van der Waals surface area contributed by atoms with Crippen molar-refractivity contribution in [2.24, 2.45) is 5.41 Å². The summed E-state index contributed by atoms with van der Waals surface area (Å²) in [5, 5.41) is 0. The second-order valence-corrected chi connectivity index (χ2v) is 3.89. The third kappa shape index (κ3) is 9.54. The first-order valence-electron chi connectivity index (χ1n) is 4.35. The maximum atomic E-state index is 5.27. The Morgan fingerprint density at radius 1 is 1.27 bits per heavy atom. The molecule has 0 unspecified atom stereocenters. The molecule has 0 saturated carbocycles. The van der Waals surface area contributed by atoms with Gasteiger partial charge in [-0.05, 0) is 17.9 Å². The van der Waals surface area contributed by atoms with Gasteiger partial charge < -0.3 is 4.74 Å². The van der Waals surface area contributed by atoms with E-state index >= 15 is 0 Å². The van der Waals surface area contributed by atoms with Crippen LogP contribution in [0.2, 0.25) is 0 Å². The Kier molecular flexibility index (Phi) is 5.01. The zero-order chi connectivity index (χ0) is 8.74. The van der Waals surface area contributed by atoms with Gasteiger partial charge in [-0.1, -0.05) is 34.1 Å². The molecule has 0 N–H and O–H groups in total. The van der Waals surface area contributed by atoms with E-state index in [1.54, 1.807) is 0 Å². The van der Waals surface area contributed by atoms with Crippen molar-refractivity contribution in [3.8, 4) is 0 Å². The molecule has 0 spiro atoms. The average Bonchev–Trinajstić information content (AvgIpc) is 1.85. The van der Waals surface area contributed by atoms with E-state index in [-0.39, 0.29) is 5.41 Å². The van der Waals surface area contributed by atoms with Crippen LogP contribution in [0.5, 0.6) is 0 Å². The molecule has 0 atom stereocenters. The molecule has 0 aliphatic rings. The van der Waals surface area contributed by atoms with E-state index in [0.29, 0.717) is 0 Å². The predicted octanol–water partition coefficient (Wildman–Crippen LogP) is 3.36. The second kappa shape index (κ2) is 5.22. The Morgan fingerprint density at radius 3 is 2.36 bits per heavy atom. The molecule has 0 aromatic heterocycles. The van der Waals surface area contributed by atoms with Crippen molar-refractivity contribution in [2.75, 3.05) is 6.61 Å². The molecule has 66 valence electrons. The second-order valence-electron chi connectivity index (χ2n) is 3.89. The number of ether oxygens (including phenoxy) is 1. The third-order valence-electron chi connectivity index (χ3n) is 1.28. The topological polar surface area (TPSA) is 9.23 Å². The van der Waals surface area contributed by atoms with Crippen molar-refractivity contribution in [1.82, 2.24) is 0 Å². The van der Waals surface area contributed by atoms with Crippen molar-refractivity contribution < 1.29 is 4.74 Å². The van der Waals surface area contributed by atoms with E-state index < -0.39 is 0 Å². The van der Waals surface area contributed by atoms with E-state index in [0.717, 1.165) is 13.0 Å². The summed E-state index contributed by atoms with van der Waals surface area (Å²) in [6.45, 7) is 9.49. The maximum absolute atomic E-state index is 5.27. The van der Waals surface area contributed by atoms with Crippen molar-refractivity contribution in [3.63, 3.8) is 0 Å². The standard InChI is InChI=1S/C10H20O/c1-5-6-8-11-9-7-10(2,3)4/h7,9H,5-6,8H2,1-4H3/b9-7+. The fraction of sp³-hybridized carbons (Fsp3) is 0.800. The molecule has 0 aliphatic heterocycles. The molecule has 0 aromatic rings. The minimum Gasteiger partial charge on any atom is -0.502 e. The first-order chi connectivity index (χ1) is 5.06. The first kappa shape index (κ1) is 10.5. The molecule has 0 aromatic carbocycles. The van der Waals surface area contributed by atoms with Crippen LogP contribution in [0.25, 0.3) is 0 Å². The highest BCUT2D eigenvalue weighted by atomic mass is 16.5. The molecular formula is C10H20O. The Hall–Kier alpha value is -0.460. The maximum Gasteiger partial charge on any atom is 0.0873 e. The molecule has 0 radical (unpaired) electrons. The number of rotatable bonds is 4. The van der Waals surface area contributed by atoms with E-state index in [4.69, 9.17) is 4.74 Å². The zero-order valence-corrected chi connectivity index (χ0v) is 8.18. The van der Waals surface area contributed by atoms with Crippen LogP contribution in [-0.4, -0.2) is 6.61 Å². The van der Waals surface area contributed by atoms with Crippen LogP contribution in [0.4, 0.5) is 0 Å². The third-order valence-corrected chi connectivity index (χ3v) is 1.28. The lowest BCUT2D eigenvalue weighted by Gasteiger charge is -2.10. The lowest BCUT2D eigenvalue weighted by atomic mass is 9.97. The van der Waals surface area contributed by atoms with Crippen LogP contribution < -0.4 is 0 Å². The quantitative estimate of drug-likeness (QED) is 0.448. The summed E-state index contributed by atoms with van der Waals surface area (Å²) in [5.41, 5.74) is 0.242. The fourth-order valence-corrected chi connectivity index (χ4v) is 0.548. The van der Waals surface area contributed by atoms with Crippen LogP contribution in [0, 0.1) is 5.41 Å². The molecule has 0 heterocycles.